The normalized spacial score (nSPS) is 13.0. The fraction of sp³-hybridized carbons (Fsp3) is 0.150. The first kappa shape index (κ1) is 17.4. The largest absolute Gasteiger partial charge is 0.463 e. The van der Waals surface area contributed by atoms with Crippen LogP contribution < -0.4 is 11.1 Å². The smallest absolute Gasteiger partial charge is 0.334 e. The number of benzene rings is 2. The predicted molar refractivity (Wildman–Crippen MR) is 101 cm³/mol. The van der Waals surface area contributed by atoms with Crippen molar-refractivity contribution in [3.8, 4) is 0 Å². The van der Waals surface area contributed by atoms with Crippen LogP contribution in [0.1, 0.15) is 29.3 Å². The summed E-state index contributed by atoms with van der Waals surface area (Å²) in [5.74, 6) is -0.353. The quantitative estimate of drug-likeness (QED) is 0.828. The Morgan fingerprint density at radius 1 is 1.19 bits per heavy atom. The van der Waals surface area contributed by atoms with Crippen molar-refractivity contribution in [3.63, 3.8) is 0 Å². The number of esters is 1. The first-order chi connectivity index (χ1) is 12.6. The van der Waals surface area contributed by atoms with Crippen molar-refractivity contribution in [1.82, 2.24) is 0 Å². The van der Waals surface area contributed by atoms with Gasteiger partial charge in [0, 0.05) is 28.8 Å². The van der Waals surface area contributed by atoms with Gasteiger partial charge < -0.3 is 15.8 Å². The van der Waals surface area contributed by atoms with Gasteiger partial charge in [0.15, 0.2) is 0 Å². The number of amides is 1. The summed E-state index contributed by atoms with van der Waals surface area (Å²) in [7, 11) is 0. The van der Waals surface area contributed by atoms with Crippen LogP contribution in [0.4, 0.5) is 11.4 Å². The van der Waals surface area contributed by atoms with E-state index in [0.717, 1.165) is 0 Å². The fourth-order valence-electron chi connectivity index (χ4n) is 2.62. The predicted octanol–water partition coefficient (Wildman–Crippen LogP) is 3.28. The van der Waals surface area contributed by atoms with Gasteiger partial charge in [0.05, 0.1) is 12.3 Å². The van der Waals surface area contributed by atoms with Crippen LogP contribution in [-0.2, 0) is 9.53 Å². The number of nitrogens with one attached hydrogen (secondary N) is 1. The molecule has 0 aromatic heterocycles. The van der Waals surface area contributed by atoms with Crippen LogP contribution in [-0.4, -0.2) is 24.3 Å². The lowest BCUT2D eigenvalue weighted by atomic mass is 10.0. The topological polar surface area (TPSA) is 93.8 Å². The van der Waals surface area contributed by atoms with Crippen LogP contribution >= 0.6 is 0 Å². The zero-order chi connectivity index (χ0) is 18.5. The molecule has 1 aliphatic rings. The van der Waals surface area contributed by atoms with Gasteiger partial charge in [-0.2, -0.15) is 0 Å². The molecule has 1 aliphatic heterocycles. The van der Waals surface area contributed by atoms with Crippen molar-refractivity contribution in [2.24, 2.45) is 10.7 Å². The van der Waals surface area contributed by atoms with Gasteiger partial charge in [0.2, 0.25) is 0 Å². The Kier molecular flexibility index (Phi) is 5.12. The summed E-state index contributed by atoms with van der Waals surface area (Å²) >= 11 is 0. The Balaban J connectivity index is 1.92. The molecule has 0 aliphatic carbocycles. The first-order valence-electron chi connectivity index (χ1n) is 8.28. The van der Waals surface area contributed by atoms with Gasteiger partial charge in [0.1, 0.15) is 5.84 Å². The molecule has 1 amide bonds. The van der Waals surface area contributed by atoms with Gasteiger partial charge in [0.25, 0.3) is 5.91 Å². The van der Waals surface area contributed by atoms with Gasteiger partial charge in [-0.3, -0.25) is 4.79 Å². The second-order valence-corrected chi connectivity index (χ2v) is 5.76. The third-order valence-electron chi connectivity index (χ3n) is 3.82. The standard InChI is InChI=1S/C20H19N3O3/c1-2-26-20(25)15-11-14-10-13(8-9-17(14)23-18(21)12-15)19(24)22-16-6-4-3-5-7-16/h3-11H,2,12H2,1H3,(H2,21,23)(H,22,24). The van der Waals surface area contributed by atoms with Gasteiger partial charge in [-0.15, -0.1) is 0 Å². The lowest BCUT2D eigenvalue weighted by molar-refractivity contribution is -0.138. The minimum atomic E-state index is -0.433. The molecule has 3 rings (SSSR count). The number of carbonyl (C=O) groups excluding carboxylic acids is 2. The molecule has 0 atom stereocenters. The molecule has 6 heteroatoms. The number of nitrogens with zero attached hydrogens (tertiary/aromatic N) is 1. The van der Waals surface area contributed by atoms with Crippen LogP contribution in [0.5, 0.6) is 0 Å². The summed E-state index contributed by atoms with van der Waals surface area (Å²) in [5, 5.41) is 2.83. The summed E-state index contributed by atoms with van der Waals surface area (Å²) in [6, 6.07) is 14.3. The van der Waals surface area contributed by atoms with Crippen LogP contribution in [0, 0.1) is 0 Å². The molecule has 3 N–H and O–H groups in total. The number of aliphatic imine (C=N–C) groups is 1. The molecule has 0 radical (unpaired) electrons. The molecule has 0 saturated heterocycles. The van der Waals surface area contributed by atoms with Crippen molar-refractivity contribution >= 4 is 35.2 Å². The van der Waals surface area contributed by atoms with E-state index >= 15 is 0 Å². The summed E-state index contributed by atoms with van der Waals surface area (Å²) in [5.41, 5.74) is 8.73. The van der Waals surface area contributed by atoms with Crippen molar-refractivity contribution in [2.75, 3.05) is 11.9 Å². The number of nitrogens with two attached hydrogens (primary N) is 1. The number of carbonyl (C=O) groups is 2. The lowest BCUT2D eigenvalue weighted by Crippen LogP contribution is -2.16. The highest BCUT2D eigenvalue weighted by molar-refractivity contribution is 6.06. The molecule has 132 valence electrons. The van der Waals surface area contributed by atoms with E-state index in [-0.39, 0.29) is 18.9 Å². The van der Waals surface area contributed by atoms with E-state index in [9.17, 15) is 9.59 Å². The molecule has 26 heavy (non-hydrogen) atoms. The van der Waals surface area contributed by atoms with E-state index in [2.05, 4.69) is 10.3 Å². The molecule has 0 bridgehead atoms. The van der Waals surface area contributed by atoms with Crippen LogP contribution in [0.3, 0.4) is 0 Å². The Bertz CT molecular complexity index is 902. The number of fused-ring (bicyclic) bond motifs is 1. The van der Waals surface area contributed by atoms with Crippen molar-refractivity contribution in [1.29, 1.82) is 0 Å². The molecular formula is C20H19N3O3. The maximum Gasteiger partial charge on any atom is 0.334 e. The average molecular weight is 349 g/mol. The third-order valence-corrected chi connectivity index (χ3v) is 3.82. The number of hydrogen-bond donors (Lipinski definition) is 2. The lowest BCUT2D eigenvalue weighted by Gasteiger charge is -2.07. The SMILES string of the molecule is CCOC(=O)C1=Cc2cc(C(=O)Nc3ccccc3)ccc2N=C(N)C1. The van der Waals surface area contributed by atoms with Gasteiger partial charge in [-0.05, 0) is 43.3 Å². The van der Waals surface area contributed by atoms with Gasteiger partial charge in [-0.25, -0.2) is 9.79 Å². The summed E-state index contributed by atoms with van der Waals surface area (Å²) in [6.45, 7) is 2.02. The average Bonchev–Trinajstić information content (AvgIpc) is 2.80. The first-order valence-corrected chi connectivity index (χ1v) is 8.28. The number of ether oxygens (including phenoxy) is 1. The molecule has 0 unspecified atom stereocenters. The molecule has 6 nitrogen and oxygen atoms in total. The van der Waals surface area contributed by atoms with Crippen molar-refractivity contribution < 1.29 is 14.3 Å². The second kappa shape index (κ2) is 7.65. The van der Waals surface area contributed by atoms with Gasteiger partial charge in [-0.1, -0.05) is 18.2 Å². The molecule has 2 aromatic rings. The molecule has 2 aromatic carbocycles. The van der Waals surface area contributed by atoms with E-state index in [4.69, 9.17) is 10.5 Å². The number of rotatable bonds is 4. The van der Waals surface area contributed by atoms with Crippen LogP contribution in [0.2, 0.25) is 0 Å². The number of para-hydroxylation sites is 1. The third kappa shape index (κ3) is 3.97. The van der Waals surface area contributed by atoms with Crippen LogP contribution in [0.15, 0.2) is 59.1 Å². The zero-order valence-electron chi connectivity index (χ0n) is 14.4. The maximum atomic E-state index is 12.5. The number of anilines is 1. The van der Waals surface area contributed by atoms with Gasteiger partial charge >= 0.3 is 5.97 Å². The minimum Gasteiger partial charge on any atom is -0.463 e. The fourth-order valence-corrected chi connectivity index (χ4v) is 2.62. The number of amidine groups is 1. The molecule has 0 saturated carbocycles. The van der Waals surface area contributed by atoms with E-state index in [1.807, 2.05) is 30.3 Å². The van der Waals surface area contributed by atoms with E-state index < -0.39 is 5.97 Å². The highest BCUT2D eigenvalue weighted by Gasteiger charge is 2.18. The number of hydrogen-bond acceptors (Lipinski definition) is 5. The highest BCUT2D eigenvalue weighted by Crippen LogP contribution is 2.28. The summed E-state index contributed by atoms with van der Waals surface area (Å²) < 4.78 is 5.06. The van der Waals surface area contributed by atoms with E-state index in [1.165, 1.54) is 0 Å². The minimum absolute atomic E-state index is 0.207. The summed E-state index contributed by atoms with van der Waals surface area (Å²) in [6.07, 6.45) is 1.88. The monoisotopic (exact) mass is 349 g/mol. The molecular weight excluding hydrogens is 330 g/mol. The van der Waals surface area contributed by atoms with E-state index in [1.54, 1.807) is 31.2 Å². The Morgan fingerprint density at radius 3 is 2.69 bits per heavy atom. The maximum absolute atomic E-state index is 12.5. The van der Waals surface area contributed by atoms with Crippen molar-refractivity contribution in [2.45, 2.75) is 13.3 Å². The molecule has 0 fully saturated rings. The molecule has 0 spiro atoms. The highest BCUT2D eigenvalue weighted by atomic mass is 16.5. The molecule has 1 heterocycles. The van der Waals surface area contributed by atoms with E-state index in [0.29, 0.717) is 33.9 Å². The summed E-state index contributed by atoms with van der Waals surface area (Å²) in [4.78, 5) is 28.9. The van der Waals surface area contributed by atoms with Crippen LogP contribution in [0.25, 0.3) is 6.08 Å². The second-order valence-electron chi connectivity index (χ2n) is 5.76. The zero-order valence-corrected chi connectivity index (χ0v) is 14.4. The Labute approximate surface area is 151 Å². The Hall–Kier alpha value is -3.41. The Morgan fingerprint density at radius 2 is 1.96 bits per heavy atom. The van der Waals surface area contributed by atoms with Crippen molar-refractivity contribution in [3.05, 3.63) is 65.2 Å².